The summed E-state index contributed by atoms with van der Waals surface area (Å²) in [7, 11) is 5.16. The van der Waals surface area contributed by atoms with Crippen molar-refractivity contribution in [1.29, 1.82) is 0 Å². The monoisotopic (exact) mass is 328 g/mol. The van der Waals surface area contributed by atoms with Crippen LogP contribution in [-0.4, -0.2) is 40.3 Å². The van der Waals surface area contributed by atoms with E-state index in [2.05, 4.69) is 5.10 Å². The SMILES string of the molecule is COc1cccc(CN(C)Cn2nc3ccccn3c2=O)c1OC. The lowest BCUT2D eigenvalue weighted by Gasteiger charge is -2.19. The molecule has 7 nitrogen and oxygen atoms in total. The summed E-state index contributed by atoms with van der Waals surface area (Å²) in [6.45, 7) is 0.974. The third-order valence-corrected chi connectivity index (χ3v) is 3.79. The van der Waals surface area contributed by atoms with Gasteiger partial charge in [0.15, 0.2) is 17.1 Å². The van der Waals surface area contributed by atoms with Gasteiger partial charge < -0.3 is 9.47 Å². The van der Waals surface area contributed by atoms with Crippen LogP contribution in [0.5, 0.6) is 11.5 Å². The Balaban J connectivity index is 1.82. The zero-order valence-electron chi connectivity index (χ0n) is 14.0. The van der Waals surface area contributed by atoms with Crippen molar-refractivity contribution >= 4 is 5.65 Å². The molecular weight excluding hydrogens is 308 g/mol. The molecule has 0 saturated carbocycles. The third-order valence-electron chi connectivity index (χ3n) is 3.79. The standard InChI is InChI=1S/C17H20N4O3/c1-19(11-13-7-6-8-14(23-2)16(13)24-3)12-21-17(22)20-10-5-4-9-15(20)18-21/h4-10H,11-12H2,1-3H3. The number of fused-ring (bicyclic) bond motifs is 1. The fourth-order valence-corrected chi connectivity index (χ4v) is 2.71. The summed E-state index contributed by atoms with van der Waals surface area (Å²) >= 11 is 0. The molecule has 3 rings (SSSR count). The Morgan fingerprint density at radius 2 is 1.96 bits per heavy atom. The first-order valence-corrected chi connectivity index (χ1v) is 7.56. The van der Waals surface area contributed by atoms with Crippen LogP contribution in [0.2, 0.25) is 0 Å². The molecule has 1 aromatic carbocycles. The first-order valence-electron chi connectivity index (χ1n) is 7.56. The fourth-order valence-electron chi connectivity index (χ4n) is 2.71. The van der Waals surface area contributed by atoms with E-state index in [0.717, 1.165) is 5.56 Å². The molecule has 0 N–H and O–H groups in total. The molecule has 0 amide bonds. The highest BCUT2D eigenvalue weighted by atomic mass is 16.5. The van der Waals surface area contributed by atoms with Crippen LogP contribution in [0.4, 0.5) is 0 Å². The maximum absolute atomic E-state index is 12.3. The summed E-state index contributed by atoms with van der Waals surface area (Å²) < 4.78 is 13.7. The molecule has 7 heteroatoms. The van der Waals surface area contributed by atoms with E-state index in [1.54, 1.807) is 20.4 Å². The summed E-state index contributed by atoms with van der Waals surface area (Å²) in [5.74, 6) is 1.39. The van der Waals surface area contributed by atoms with Gasteiger partial charge in [-0.25, -0.2) is 4.79 Å². The molecule has 0 aliphatic rings. The van der Waals surface area contributed by atoms with Crippen LogP contribution in [0.15, 0.2) is 47.4 Å². The number of aromatic nitrogens is 3. The Kier molecular flexibility index (Phi) is 4.52. The van der Waals surface area contributed by atoms with Crippen LogP contribution in [0.1, 0.15) is 5.56 Å². The van der Waals surface area contributed by atoms with Crippen molar-refractivity contribution in [3.05, 3.63) is 58.6 Å². The Morgan fingerprint density at radius 1 is 1.12 bits per heavy atom. The average molecular weight is 328 g/mol. The number of nitrogens with zero attached hydrogens (tertiary/aromatic N) is 4. The van der Waals surface area contributed by atoms with Crippen molar-refractivity contribution in [2.75, 3.05) is 21.3 Å². The minimum atomic E-state index is -0.157. The Morgan fingerprint density at radius 3 is 2.67 bits per heavy atom. The van der Waals surface area contributed by atoms with Gasteiger partial charge in [0.1, 0.15) is 0 Å². The lowest BCUT2D eigenvalue weighted by atomic mass is 10.2. The molecule has 0 atom stereocenters. The first kappa shape index (κ1) is 16.1. The van der Waals surface area contributed by atoms with E-state index in [4.69, 9.17) is 9.47 Å². The van der Waals surface area contributed by atoms with E-state index >= 15 is 0 Å². The number of ether oxygens (including phenoxy) is 2. The van der Waals surface area contributed by atoms with Crippen LogP contribution in [0.25, 0.3) is 5.65 Å². The van der Waals surface area contributed by atoms with Gasteiger partial charge in [-0.05, 0) is 25.2 Å². The predicted octanol–water partition coefficient (Wildman–Crippen LogP) is 1.60. The average Bonchev–Trinajstić information content (AvgIpc) is 2.90. The van der Waals surface area contributed by atoms with Gasteiger partial charge in [-0.15, -0.1) is 5.10 Å². The molecule has 0 spiro atoms. The van der Waals surface area contributed by atoms with E-state index in [1.807, 2.05) is 48.3 Å². The molecule has 2 heterocycles. The van der Waals surface area contributed by atoms with E-state index in [-0.39, 0.29) is 5.69 Å². The molecular formula is C17H20N4O3. The summed E-state index contributed by atoms with van der Waals surface area (Å²) in [6.07, 6.45) is 1.71. The van der Waals surface area contributed by atoms with E-state index in [9.17, 15) is 4.79 Å². The third kappa shape index (κ3) is 2.98. The van der Waals surface area contributed by atoms with E-state index in [1.165, 1.54) is 9.08 Å². The lowest BCUT2D eigenvalue weighted by molar-refractivity contribution is 0.237. The molecule has 0 aliphatic heterocycles. The Labute approximate surface area is 139 Å². The molecule has 3 aromatic rings. The maximum atomic E-state index is 12.3. The zero-order chi connectivity index (χ0) is 17.1. The van der Waals surface area contributed by atoms with Gasteiger partial charge in [-0.3, -0.25) is 9.30 Å². The molecule has 0 bridgehead atoms. The molecule has 24 heavy (non-hydrogen) atoms. The summed E-state index contributed by atoms with van der Waals surface area (Å²) in [4.78, 5) is 14.3. The molecule has 0 radical (unpaired) electrons. The first-order chi connectivity index (χ1) is 11.6. The zero-order valence-corrected chi connectivity index (χ0v) is 14.0. The molecule has 0 fully saturated rings. The number of benzene rings is 1. The molecule has 126 valence electrons. The summed E-state index contributed by atoms with van der Waals surface area (Å²) in [5.41, 5.74) is 1.46. The van der Waals surface area contributed by atoms with Gasteiger partial charge in [0.2, 0.25) is 0 Å². The van der Waals surface area contributed by atoms with Gasteiger partial charge in [0.25, 0.3) is 0 Å². The Bertz CT molecular complexity index is 900. The number of hydrogen-bond donors (Lipinski definition) is 0. The van der Waals surface area contributed by atoms with Gasteiger partial charge >= 0.3 is 5.69 Å². The minimum absolute atomic E-state index is 0.157. The van der Waals surface area contributed by atoms with Gasteiger partial charge in [0, 0.05) is 18.3 Å². The normalized spacial score (nSPS) is 11.2. The van der Waals surface area contributed by atoms with Crippen molar-refractivity contribution in [3.63, 3.8) is 0 Å². The second kappa shape index (κ2) is 6.76. The topological polar surface area (TPSA) is 61.0 Å². The molecule has 0 aliphatic carbocycles. The molecule has 2 aromatic heterocycles. The van der Waals surface area contributed by atoms with Crippen molar-refractivity contribution in [3.8, 4) is 11.5 Å². The van der Waals surface area contributed by atoms with Crippen molar-refractivity contribution in [1.82, 2.24) is 19.1 Å². The predicted molar refractivity (Wildman–Crippen MR) is 90.5 cm³/mol. The van der Waals surface area contributed by atoms with Crippen LogP contribution in [0.3, 0.4) is 0 Å². The molecule has 0 saturated heterocycles. The highest BCUT2D eigenvalue weighted by Gasteiger charge is 2.13. The largest absolute Gasteiger partial charge is 0.493 e. The Hall–Kier alpha value is -2.80. The number of methoxy groups -OCH3 is 2. The van der Waals surface area contributed by atoms with Crippen molar-refractivity contribution in [2.45, 2.75) is 13.2 Å². The number of hydrogen-bond acceptors (Lipinski definition) is 5. The smallest absolute Gasteiger partial charge is 0.351 e. The minimum Gasteiger partial charge on any atom is -0.493 e. The highest BCUT2D eigenvalue weighted by Crippen LogP contribution is 2.31. The summed E-state index contributed by atoms with van der Waals surface area (Å²) in [6, 6.07) is 11.2. The van der Waals surface area contributed by atoms with Gasteiger partial charge in [0.05, 0.1) is 20.9 Å². The van der Waals surface area contributed by atoms with Gasteiger partial charge in [-0.2, -0.15) is 4.68 Å². The second-order valence-corrected chi connectivity index (χ2v) is 5.52. The van der Waals surface area contributed by atoms with Crippen LogP contribution in [0, 0.1) is 0 Å². The quantitative estimate of drug-likeness (QED) is 0.688. The molecule has 0 unspecified atom stereocenters. The number of pyridine rings is 1. The van der Waals surface area contributed by atoms with E-state index in [0.29, 0.717) is 30.4 Å². The van der Waals surface area contributed by atoms with Crippen LogP contribution < -0.4 is 15.2 Å². The highest BCUT2D eigenvalue weighted by molar-refractivity contribution is 5.46. The van der Waals surface area contributed by atoms with Crippen LogP contribution in [-0.2, 0) is 13.2 Å². The second-order valence-electron chi connectivity index (χ2n) is 5.52. The van der Waals surface area contributed by atoms with Gasteiger partial charge in [-0.1, -0.05) is 18.2 Å². The van der Waals surface area contributed by atoms with Crippen molar-refractivity contribution < 1.29 is 9.47 Å². The maximum Gasteiger partial charge on any atom is 0.351 e. The fraction of sp³-hybridized carbons (Fsp3) is 0.294. The lowest BCUT2D eigenvalue weighted by Crippen LogP contribution is -2.30. The summed E-state index contributed by atoms with van der Waals surface area (Å²) in [5, 5.41) is 4.34. The number of rotatable bonds is 6. The van der Waals surface area contributed by atoms with Crippen molar-refractivity contribution in [2.24, 2.45) is 0 Å². The number of para-hydroxylation sites is 1. The van der Waals surface area contributed by atoms with Crippen LogP contribution >= 0.6 is 0 Å². The van der Waals surface area contributed by atoms with E-state index < -0.39 is 0 Å².